The lowest BCUT2D eigenvalue weighted by Crippen LogP contribution is -2.28. The molecule has 1 atom stereocenters. The van der Waals surface area contributed by atoms with Crippen LogP contribution in [0.15, 0.2) is 103 Å². The van der Waals surface area contributed by atoms with Gasteiger partial charge in [-0.3, -0.25) is 9.59 Å². The molecule has 0 saturated heterocycles. The van der Waals surface area contributed by atoms with Gasteiger partial charge < -0.3 is 15.5 Å². The van der Waals surface area contributed by atoms with E-state index in [9.17, 15) is 9.59 Å². The van der Waals surface area contributed by atoms with Crippen LogP contribution in [0.5, 0.6) is 0 Å². The van der Waals surface area contributed by atoms with Crippen LogP contribution in [0.3, 0.4) is 0 Å². The number of hydrogen-bond acceptors (Lipinski definition) is 3. The number of para-hydroxylation sites is 2. The van der Waals surface area contributed by atoms with Crippen LogP contribution in [0.4, 0.5) is 11.4 Å². The van der Waals surface area contributed by atoms with Crippen molar-refractivity contribution < 1.29 is 9.59 Å². The highest BCUT2D eigenvalue weighted by atomic mass is 16.2. The topological polar surface area (TPSA) is 61.4 Å². The highest BCUT2D eigenvalue weighted by molar-refractivity contribution is 6.09. The van der Waals surface area contributed by atoms with E-state index in [4.69, 9.17) is 0 Å². The summed E-state index contributed by atoms with van der Waals surface area (Å²) in [5.74, 6) is -0.479. The lowest BCUT2D eigenvalue weighted by atomic mass is 10.1. The maximum atomic E-state index is 13.0. The molecule has 0 unspecified atom stereocenters. The Morgan fingerprint density at radius 3 is 2.31 bits per heavy atom. The standard InChI is InChI=1S/C31H29N3O2/c1-22(24-9-3-2-4-10-24)32-31(36)27-12-6-7-13-28(27)33-30(35)26-17-15-23(16-18-26)21-34-20-19-25-11-5-8-14-29(25)34/h2-18,22H,19-21H2,1H3,(H,32,36)(H,33,35)/t22-/m1/s1. The second kappa shape index (κ2) is 10.5. The fraction of sp³-hybridized carbons (Fsp3) is 0.161. The van der Waals surface area contributed by atoms with Gasteiger partial charge in [0, 0.05) is 24.3 Å². The van der Waals surface area contributed by atoms with E-state index >= 15 is 0 Å². The predicted molar refractivity (Wildman–Crippen MR) is 144 cm³/mol. The van der Waals surface area contributed by atoms with E-state index in [2.05, 4.69) is 39.8 Å². The molecular formula is C31H29N3O2. The van der Waals surface area contributed by atoms with E-state index in [0.29, 0.717) is 16.8 Å². The van der Waals surface area contributed by atoms with E-state index < -0.39 is 0 Å². The highest BCUT2D eigenvalue weighted by Crippen LogP contribution is 2.29. The molecule has 0 spiro atoms. The van der Waals surface area contributed by atoms with E-state index in [0.717, 1.165) is 30.6 Å². The average Bonchev–Trinajstić information content (AvgIpc) is 3.32. The Morgan fingerprint density at radius 2 is 1.50 bits per heavy atom. The lowest BCUT2D eigenvalue weighted by molar-refractivity contribution is 0.0940. The molecule has 0 fully saturated rings. The summed E-state index contributed by atoms with van der Waals surface area (Å²) in [5, 5.41) is 5.94. The molecule has 5 nitrogen and oxygen atoms in total. The number of amides is 2. The zero-order chi connectivity index (χ0) is 24.9. The summed E-state index contributed by atoms with van der Waals surface area (Å²) in [4.78, 5) is 28.4. The molecule has 1 aliphatic heterocycles. The van der Waals surface area contributed by atoms with Crippen LogP contribution >= 0.6 is 0 Å². The first-order chi connectivity index (χ1) is 17.6. The van der Waals surface area contributed by atoms with Crippen LogP contribution in [0, 0.1) is 0 Å². The second-order valence-electron chi connectivity index (χ2n) is 9.10. The number of nitrogens with one attached hydrogen (secondary N) is 2. The quantitative estimate of drug-likeness (QED) is 0.345. The summed E-state index contributed by atoms with van der Waals surface area (Å²) in [5.41, 5.74) is 6.30. The van der Waals surface area contributed by atoms with Gasteiger partial charge in [0.25, 0.3) is 11.8 Å². The number of hydrogen-bond donors (Lipinski definition) is 2. The number of carbonyl (C=O) groups excluding carboxylic acids is 2. The monoisotopic (exact) mass is 475 g/mol. The van der Waals surface area contributed by atoms with Crippen molar-refractivity contribution in [3.63, 3.8) is 0 Å². The molecule has 0 saturated carbocycles. The van der Waals surface area contributed by atoms with Crippen LogP contribution in [0.25, 0.3) is 0 Å². The first kappa shape index (κ1) is 23.4. The summed E-state index contributed by atoms with van der Waals surface area (Å²) in [6.45, 7) is 3.75. The van der Waals surface area contributed by atoms with Gasteiger partial charge in [-0.25, -0.2) is 0 Å². The van der Waals surface area contributed by atoms with Gasteiger partial charge in [-0.2, -0.15) is 0 Å². The maximum Gasteiger partial charge on any atom is 0.255 e. The predicted octanol–water partition coefficient (Wildman–Crippen LogP) is 5.99. The number of nitrogens with zero attached hydrogens (tertiary/aromatic N) is 1. The molecule has 36 heavy (non-hydrogen) atoms. The Balaban J connectivity index is 1.24. The third-order valence-electron chi connectivity index (χ3n) is 6.64. The molecule has 0 bridgehead atoms. The summed E-state index contributed by atoms with van der Waals surface area (Å²) in [7, 11) is 0. The Morgan fingerprint density at radius 1 is 0.806 bits per heavy atom. The minimum atomic E-state index is -0.246. The van der Waals surface area contributed by atoms with Crippen molar-refractivity contribution in [1.82, 2.24) is 5.32 Å². The van der Waals surface area contributed by atoms with Gasteiger partial charge in [-0.15, -0.1) is 0 Å². The third kappa shape index (κ3) is 5.15. The van der Waals surface area contributed by atoms with Crippen molar-refractivity contribution in [2.45, 2.75) is 25.9 Å². The largest absolute Gasteiger partial charge is 0.367 e. The van der Waals surface area contributed by atoms with Gasteiger partial charge in [0.2, 0.25) is 0 Å². The number of anilines is 2. The fourth-order valence-electron chi connectivity index (χ4n) is 4.64. The summed E-state index contributed by atoms with van der Waals surface area (Å²) < 4.78 is 0. The van der Waals surface area contributed by atoms with Crippen molar-refractivity contribution in [2.75, 3.05) is 16.8 Å². The van der Waals surface area contributed by atoms with E-state index in [-0.39, 0.29) is 17.9 Å². The molecule has 4 aromatic carbocycles. The third-order valence-corrected chi connectivity index (χ3v) is 6.64. The first-order valence-electron chi connectivity index (χ1n) is 12.3. The van der Waals surface area contributed by atoms with Gasteiger partial charge in [-0.05, 0) is 60.4 Å². The molecule has 1 aliphatic rings. The minimum Gasteiger partial charge on any atom is -0.367 e. The van der Waals surface area contributed by atoms with Crippen molar-refractivity contribution in [1.29, 1.82) is 0 Å². The maximum absolute atomic E-state index is 13.0. The molecule has 0 aliphatic carbocycles. The molecular weight excluding hydrogens is 446 g/mol. The Bertz CT molecular complexity index is 1370. The number of fused-ring (bicyclic) bond motifs is 1. The van der Waals surface area contributed by atoms with Crippen LogP contribution in [-0.4, -0.2) is 18.4 Å². The zero-order valence-corrected chi connectivity index (χ0v) is 20.3. The number of benzene rings is 4. The molecule has 0 radical (unpaired) electrons. The Hall–Kier alpha value is -4.38. The van der Waals surface area contributed by atoms with Crippen LogP contribution in [-0.2, 0) is 13.0 Å². The second-order valence-corrected chi connectivity index (χ2v) is 9.10. The molecule has 4 aromatic rings. The molecule has 1 heterocycles. The van der Waals surface area contributed by atoms with E-state index in [1.165, 1.54) is 11.3 Å². The molecule has 5 heteroatoms. The van der Waals surface area contributed by atoms with Crippen molar-refractivity contribution in [2.24, 2.45) is 0 Å². The van der Waals surface area contributed by atoms with Gasteiger partial charge >= 0.3 is 0 Å². The van der Waals surface area contributed by atoms with Gasteiger partial charge in [0.1, 0.15) is 0 Å². The Labute approximate surface area is 211 Å². The van der Waals surface area contributed by atoms with Crippen molar-refractivity contribution in [3.8, 4) is 0 Å². The van der Waals surface area contributed by atoms with Crippen molar-refractivity contribution in [3.05, 3.63) is 131 Å². The van der Waals surface area contributed by atoms with E-state index in [1.807, 2.05) is 67.6 Å². The highest BCUT2D eigenvalue weighted by Gasteiger charge is 2.19. The molecule has 180 valence electrons. The lowest BCUT2D eigenvalue weighted by Gasteiger charge is -2.19. The molecule has 2 N–H and O–H groups in total. The normalized spacial score (nSPS) is 13.1. The summed E-state index contributed by atoms with van der Waals surface area (Å²) >= 11 is 0. The average molecular weight is 476 g/mol. The smallest absolute Gasteiger partial charge is 0.255 e. The molecule has 0 aromatic heterocycles. The van der Waals surface area contributed by atoms with Crippen LogP contribution in [0.2, 0.25) is 0 Å². The fourth-order valence-corrected chi connectivity index (χ4v) is 4.64. The molecule has 5 rings (SSSR count). The van der Waals surface area contributed by atoms with E-state index in [1.54, 1.807) is 18.2 Å². The Kier molecular flexibility index (Phi) is 6.80. The SMILES string of the molecule is C[C@@H](NC(=O)c1ccccc1NC(=O)c1ccc(CN2CCc3ccccc32)cc1)c1ccccc1. The van der Waals surface area contributed by atoms with Gasteiger partial charge in [-0.1, -0.05) is 72.8 Å². The van der Waals surface area contributed by atoms with Gasteiger partial charge in [0.05, 0.1) is 17.3 Å². The number of rotatable bonds is 7. The minimum absolute atomic E-state index is 0.155. The van der Waals surface area contributed by atoms with Gasteiger partial charge in [0.15, 0.2) is 0 Å². The van der Waals surface area contributed by atoms with Crippen LogP contribution < -0.4 is 15.5 Å². The zero-order valence-electron chi connectivity index (χ0n) is 20.3. The van der Waals surface area contributed by atoms with Crippen LogP contribution in [0.1, 0.15) is 50.4 Å². The summed E-state index contributed by atoms with van der Waals surface area (Å²) in [6.07, 6.45) is 1.06. The summed E-state index contributed by atoms with van der Waals surface area (Å²) in [6, 6.07) is 32.9. The number of carbonyl (C=O) groups is 2. The van der Waals surface area contributed by atoms with Crippen molar-refractivity contribution >= 4 is 23.2 Å². The first-order valence-corrected chi connectivity index (χ1v) is 12.3. The molecule has 2 amide bonds.